The van der Waals surface area contributed by atoms with Crippen LogP contribution in [0.4, 0.5) is 0 Å². The fraction of sp³-hybridized carbons (Fsp3) is 0.462. The number of hydrogen-bond donors (Lipinski definition) is 2. The number of aliphatic carboxylic acids is 1. The molecule has 0 saturated heterocycles. The van der Waals surface area contributed by atoms with Crippen LogP contribution >= 0.6 is 15.9 Å². The van der Waals surface area contributed by atoms with Gasteiger partial charge in [-0.15, -0.1) is 0 Å². The zero-order valence-corrected chi connectivity index (χ0v) is 11.7. The molecule has 1 aromatic rings. The molecule has 0 aliphatic rings. The highest BCUT2D eigenvalue weighted by Gasteiger charge is 2.17. The van der Waals surface area contributed by atoms with Crippen molar-refractivity contribution < 1.29 is 9.90 Å². The second kappa shape index (κ2) is 6.17. The number of carboxylic acid groups (broad SMARTS) is 1. The average molecular weight is 300 g/mol. The Labute approximate surface area is 110 Å². The minimum atomic E-state index is -1.01. The van der Waals surface area contributed by atoms with Gasteiger partial charge < -0.3 is 10.8 Å². The zero-order valence-electron chi connectivity index (χ0n) is 10.1. The molecule has 0 aliphatic carbocycles. The van der Waals surface area contributed by atoms with E-state index in [0.29, 0.717) is 11.5 Å². The normalized spacial score (nSPS) is 12.8. The second-order valence-electron chi connectivity index (χ2n) is 4.11. The van der Waals surface area contributed by atoms with E-state index in [9.17, 15) is 4.79 Å². The molecule has 0 fully saturated rings. The maximum Gasteiger partial charge on any atom is 0.325 e. The SMILES string of the molecule is CCC(CC)c1ccc(C(N)C(=O)O)cc1Br. The van der Waals surface area contributed by atoms with Crippen LogP contribution in [0.25, 0.3) is 0 Å². The summed E-state index contributed by atoms with van der Waals surface area (Å²) in [6.45, 7) is 4.30. The molecule has 17 heavy (non-hydrogen) atoms. The largest absolute Gasteiger partial charge is 0.480 e. The van der Waals surface area contributed by atoms with Gasteiger partial charge in [0.1, 0.15) is 6.04 Å². The van der Waals surface area contributed by atoms with Gasteiger partial charge in [-0.05, 0) is 36.0 Å². The van der Waals surface area contributed by atoms with Gasteiger partial charge >= 0.3 is 5.97 Å². The predicted octanol–water partition coefficient (Wildman–Crippen LogP) is 3.44. The molecular formula is C13H18BrNO2. The molecule has 1 unspecified atom stereocenters. The molecule has 1 atom stereocenters. The lowest BCUT2D eigenvalue weighted by Crippen LogP contribution is -2.20. The third-order valence-corrected chi connectivity index (χ3v) is 3.76. The van der Waals surface area contributed by atoms with E-state index in [1.54, 1.807) is 6.07 Å². The molecule has 3 N–H and O–H groups in total. The minimum absolute atomic E-state index is 0.500. The van der Waals surface area contributed by atoms with Crippen LogP contribution in [-0.4, -0.2) is 11.1 Å². The van der Waals surface area contributed by atoms with Crippen LogP contribution in [0.2, 0.25) is 0 Å². The van der Waals surface area contributed by atoms with E-state index in [2.05, 4.69) is 29.8 Å². The Morgan fingerprint density at radius 1 is 1.41 bits per heavy atom. The van der Waals surface area contributed by atoms with Crippen molar-refractivity contribution in [3.63, 3.8) is 0 Å². The molecule has 94 valence electrons. The highest BCUT2D eigenvalue weighted by Crippen LogP contribution is 2.31. The standard InChI is InChI=1S/C13H18BrNO2/c1-3-8(4-2)10-6-5-9(7-11(10)14)12(15)13(16)17/h5-8,12H,3-4,15H2,1-2H3,(H,16,17). The van der Waals surface area contributed by atoms with E-state index in [-0.39, 0.29) is 0 Å². The summed E-state index contributed by atoms with van der Waals surface area (Å²) in [4.78, 5) is 10.8. The molecule has 1 aromatic carbocycles. The van der Waals surface area contributed by atoms with E-state index < -0.39 is 12.0 Å². The molecule has 0 aliphatic heterocycles. The molecule has 0 radical (unpaired) electrons. The van der Waals surface area contributed by atoms with E-state index in [1.807, 2.05) is 12.1 Å². The van der Waals surface area contributed by atoms with Crippen LogP contribution in [0.5, 0.6) is 0 Å². The quantitative estimate of drug-likeness (QED) is 0.875. The third kappa shape index (κ3) is 3.30. The molecule has 0 spiro atoms. The summed E-state index contributed by atoms with van der Waals surface area (Å²) in [7, 11) is 0. The van der Waals surface area contributed by atoms with Crippen molar-refractivity contribution in [2.24, 2.45) is 5.73 Å². The van der Waals surface area contributed by atoms with Gasteiger partial charge in [-0.1, -0.05) is 41.9 Å². The van der Waals surface area contributed by atoms with Crippen molar-refractivity contribution in [3.8, 4) is 0 Å². The number of hydrogen-bond acceptors (Lipinski definition) is 2. The summed E-state index contributed by atoms with van der Waals surface area (Å²) in [5, 5.41) is 8.86. The van der Waals surface area contributed by atoms with E-state index >= 15 is 0 Å². The van der Waals surface area contributed by atoms with Gasteiger partial charge in [0.25, 0.3) is 0 Å². The topological polar surface area (TPSA) is 63.3 Å². The number of nitrogens with two attached hydrogens (primary N) is 1. The van der Waals surface area contributed by atoms with E-state index in [1.165, 1.54) is 5.56 Å². The number of benzene rings is 1. The van der Waals surface area contributed by atoms with Crippen LogP contribution in [0.15, 0.2) is 22.7 Å². The number of rotatable bonds is 5. The Hall–Kier alpha value is -0.870. The first kappa shape index (κ1) is 14.2. The summed E-state index contributed by atoms with van der Waals surface area (Å²) in [5.74, 6) is -0.508. The summed E-state index contributed by atoms with van der Waals surface area (Å²) in [5.41, 5.74) is 7.42. The van der Waals surface area contributed by atoms with Gasteiger partial charge in [0, 0.05) is 4.47 Å². The average Bonchev–Trinajstić information content (AvgIpc) is 2.31. The summed E-state index contributed by atoms with van der Waals surface area (Å²) < 4.78 is 0.945. The smallest absolute Gasteiger partial charge is 0.325 e. The van der Waals surface area contributed by atoms with Crippen molar-refractivity contribution in [1.29, 1.82) is 0 Å². The van der Waals surface area contributed by atoms with Gasteiger partial charge in [-0.2, -0.15) is 0 Å². The van der Waals surface area contributed by atoms with Crippen LogP contribution < -0.4 is 5.73 Å². The number of carboxylic acids is 1. The molecule has 0 amide bonds. The molecule has 0 heterocycles. The lowest BCUT2D eigenvalue weighted by Gasteiger charge is -2.16. The summed E-state index contributed by atoms with van der Waals surface area (Å²) in [6.07, 6.45) is 2.14. The molecule has 0 saturated carbocycles. The molecule has 3 nitrogen and oxygen atoms in total. The van der Waals surface area contributed by atoms with E-state index in [4.69, 9.17) is 10.8 Å². The highest BCUT2D eigenvalue weighted by molar-refractivity contribution is 9.10. The third-order valence-electron chi connectivity index (χ3n) is 3.08. The van der Waals surface area contributed by atoms with Gasteiger partial charge in [-0.3, -0.25) is 4.79 Å². The summed E-state index contributed by atoms with van der Waals surface area (Å²) in [6, 6.07) is 4.63. The van der Waals surface area contributed by atoms with Gasteiger partial charge in [0.15, 0.2) is 0 Å². The van der Waals surface area contributed by atoms with Crippen LogP contribution in [0.3, 0.4) is 0 Å². The molecule has 4 heteroatoms. The Morgan fingerprint density at radius 2 is 2.00 bits per heavy atom. The first-order valence-corrected chi connectivity index (χ1v) is 6.58. The maximum absolute atomic E-state index is 10.8. The molecule has 1 rings (SSSR count). The van der Waals surface area contributed by atoms with Crippen molar-refractivity contribution >= 4 is 21.9 Å². The highest BCUT2D eigenvalue weighted by atomic mass is 79.9. The van der Waals surface area contributed by atoms with Crippen molar-refractivity contribution in [1.82, 2.24) is 0 Å². The van der Waals surface area contributed by atoms with Gasteiger partial charge in [-0.25, -0.2) is 0 Å². The Balaban J connectivity index is 3.05. The number of halogens is 1. The van der Waals surface area contributed by atoms with E-state index in [0.717, 1.165) is 17.3 Å². The molecular weight excluding hydrogens is 282 g/mol. The first-order chi connectivity index (χ1) is 8.01. The van der Waals surface area contributed by atoms with Crippen LogP contribution in [-0.2, 0) is 4.79 Å². The van der Waals surface area contributed by atoms with Gasteiger partial charge in [0.05, 0.1) is 0 Å². The summed E-state index contributed by atoms with van der Waals surface area (Å²) >= 11 is 3.50. The second-order valence-corrected chi connectivity index (χ2v) is 4.96. The van der Waals surface area contributed by atoms with Gasteiger partial charge in [0.2, 0.25) is 0 Å². The zero-order chi connectivity index (χ0) is 13.0. The fourth-order valence-corrected chi connectivity index (χ4v) is 2.66. The lowest BCUT2D eigenvalue weighted by atomic mass is 9.92. The number of carbonyl (C=O) groups is 1. The first-order valence-electron chi connectivity index (χ1n) is 5.78. The molecule has 0 bridgehead atoms. The van der Waals surface area contributed by atoms with Crippen molar-refractivity contribution in [2.75, 3.05) is 0 Å². The Bertz CT molecular complexity index is 402. The fourth-order valence-electron chi connectivity index (χ4n) is 1.94. The Kier molecular flexibility index (Phi) is 5.15. The van der Waals surface area contributed by atoms with Crippen molar-refractivity contribution in [2.45, 2.75) is 38.6 Å². The van der Waals surface area contributed by atoms with Crippen LogP contribution in [0, 0.1) is 0 Å². The predicted molar refractivity (Wildman–Crippen MR) is 72.0 cm³/mol. The van der Waals surface area contributed by atoms with Crippen LogP contribution in [0.1, 0.15) is 49.8 Å². The monoisotopic (exact) mass is 299 g/mol. The maximum atomic E-state index is 10.8. The van der Waals surface area contributed by atoms with Crippen molar-refractivity contribution in [3.05, 3.63) is 33.8 Å². The lowest BCUT2D eigenvalue weighted by molar-refractivity contribution is -0.138. The minimum Gasteiger partial charge on any atom is -0.480 e. The Morgan fingerprint density at radius 3 is 2.41 bits per heavy atom. The molecule has 0 aromatic heterocycles.